The number of fused-ring (bicyclic) bond motifs is 1. The van der Waals surface area contributed by atoms with Gasteiger partial charge in [0.25, 0.3) is 0 Å². The largest absolute Gasteiger partial charge is 0.411 e. The van der Waals surface area contributed by atoms with E-state index in [0.717, 1.165) is 23.4 Å². The summed E-state index contributed by atoms with van der Waals surface area (Å²) in [6.45, 7) is 0. The summed E-state index contributed by atoms with van der Waals surface area (Å²) in [6, 6.07) is 20.1. The number of aromatic nitrogens is 2. The SMILES string of the molecule is O/N=C1\CC(c2ccccc2)Cc2nc(Nc3ccccc3)ncc21. The fourth-order valence-electron chi connectivity index (χ4n) is 3.23. The van der Waals surface area contributed by atoms with Crippen LogP contribution in [0, 0.1) is 0 Å². The van der Waals surface area contributed by atoms with E-state index in [-0.39, 0.29) is 5.92 Å². The highest BCUT2D eigenvalue weighted by molar-refractivity contribution is 6.02. The van der Waals surface area contributed by atoms with E-state index < -0.39 is 0 Å². The molecule has 4 rings (SSSR count). The van der Waals surface area contributed by atoms with E-state index in [9.17, 15) is 5.21 Å². The normalized spacial score (nSPS) is 17.9. The number of oxime groups is 1. The van der Waals surface area contributed by atoms with E-state index in [4.69, 9.17) is 0 Å². The van der Waals surface area contributed by atoms with Crippen molar-refractivity contribution in [1.29, 1.82) is 0 Å². The lowest BCUT2D eigenvalue weighted by Crippen LogP contribution is -2.21. The van der Waals surface area contributed by atoms with Gasteiger partial charge in [-0.3, -0.25) is 0 Å². The molecule has 1 aliphatic carbocycles. The second-order valence-electron chi connectivity index (χ2n) is 6.11. The van der Waals surface area contributed by atoms with Crippen LogP contribution in [-0.4, -0.2) is 20.9 Å². The number of anilines is 2. The van der Waals surface area contributed by atoms with Crippen LogP contribution in [0.1, 0.15) is 29.2 Å². The summed E-state index contributed by atoms with van der Waals surface area (Å²) in [6.07, 6.45) is 3.22. The molecule has 0 fully saturated rings. The Morgan fingerprint density at radius 3 is 2.40 bits per heavy atom. The molecule has 2 aromatic carbocycles. The second-order valence-corrected chi connectivity index (χ2v) is 6.11. The van der Waals surface area contributed by atoms with Crippen molar-refractivity contribution in [1.82, 2.24) is 9.97 Å². The highest BCUT2D eigenvalue weighted by Gasteiger charge is 2.27. The monoisotopic (exact) mass is 330 g/mol. The Hall–Kier alpha value is -3.21. The van der Waals surface area contributed by atoms with Crippen LogP contribution in [0.3, 0.4) is 0 Å². The van der Waals surface area contributed by atoms with E-state index in [1.165, 1.54) is 5.56 Å². The zero-order valence-electron chi connectivity index (χ0n) is 13.6. The molecule has 0 saturated heterocycles. The van der Waals surface area contributed by atoms with Gasteiger partial charge in [0.1, 0.15) is 0 Å². The number of para-hydroxylation sites is 1. The fraction of sp³-hybridized carbons (Fsp3) is 0.150. The molecule has 0 radical (unpaired) electrons. The molecule has 2 N–H and O–H groups in total. The summed E-state index contributed by atoms with van der Waals surface area (Å²) in [5.41, 5.74) is 4.54. The third-order valence-corrected chi connectivity index (χ3v) is 4.48. The van der Waals surface area contributed by atoms with Gasteiger partial charge in [0.15, 0.2) is 0 Å². The summed E-state index contributed by atoms with van der Waals surface area (Å²) in [5, 5.41) is 16.1. The minimum atomic E-state index is 0.249. The molecule has 0 aliphatic heterocycles. The molecule has 0 spiro atoms. The van der Waals surface area contributed by atoms with Gasteiger partial charge in [-0.15, -0.1) is 0 Å². The third-order valence-electron chi connectivity index (χ3n) is 4.48. The van der Waals surface area contributed by atoms with Crippen molar-refractivity contribution < 1.29 is 5.21 Å². The number of hydrogen-bond donors (Lipinski definition) is 2. The average molecular weight is 330 g/mol. The van der Waals surface area contributed by atoms with E-state index >= 15 is 0 Å². The first-order chi connectivity index (χ1) is 12.3. The number of hydrogen-bond acceptors (Lipinski definition) is 5. The maximum absolute atomic E-state index is 9.42. The molecule has 0 amide bonds. The van der Waals surface area contributed by atoms with Gasteiger partial charge in [0.05, 0.1) is 11.4 Å². The van der Waals surface area contributed by atoms with Crippen LogP contribution in [0.25, 0.3) is 0 Å². The third kappa shape index (κ3) is 3.21. The first-order valence-corrected chi connectivity index (χ1v) is 8.27. The molecule has 1 atom stereocenters. The van der Waals surface area contributed by atoms with E-state index in [1.807, 2.05) is 48.5 Å². The van der Waals surface area contributed by atoms with E-state index in [0.29, 0.717) is 18.1 Å². The van der Waals surface area contributed by atoms with Crippen LogP contribution in [0.15, 0.2) is 72.0 Å². The Morgan fingerprint density at radius 1 is 0.960 bits per heavy atom. The highest BCUT2D eigenvalue weighted by Crippen LogP contribution is 2.32. The van der Waals surface area contributed by atoms with Crippen LogP contribution in [0.4, 0.5) is 11.6 Å². The summed E-state index contributed by atoms with van der Waals surface area (Å²) in [7, 11) is 0. The fourth-order valence-corrected chi connectivity index (χ4v) is 3.23. The predicted octanol–water partition coefficient (Wildman–Crippen LogP) is 4.13. The standard InChI is InChI=1S/C20H18N4O/c25-24-19-12-15(14-7-3-1-4-8-14)11-18-17(19)13-21-20(23-18)22-16-9-5-2-6-10-16/h1-10,13,15,25H,11-12H2,(H,21,22,23)/b24-19+. The molecule has 25 heavy (non-hydrogen) atoms. The maximum atomic E-state index is 9.42. The predicted molar refractivity (Wildman–Crippen MR) is 97.6 cm³/mol. The lowest BCUT2D eigenvalue weighted by Gasteiger charge is -2.25. The van der Waals surface area contributed by atoms with Gasteiger partial charge >= 0.3 is 0 Å². The van der Waals surface area contributed by atoms with Gasteiger partial charge in [0.2, 0.25) is 5.95 Å². The Kier molecular flexibility index (Phi) is 4.12. The zero-order valence-corrected chi connectivity index (χ0v) is 13.6. The van der Waals surface area contributed by atoms with Crippen molar-refractivity contribution in [2.24, 2.45) is 5.16 Å². The molecule has 0 saturated carbocycles. The van der Waals surface area contributed by atoms with Crippen LogP contribution in [0.2, 0.25) is 0 Å². The van der Waals surface area contributed by atoms with Gasteiger partial charge in [-0.2, -0.15) is 0 Å². The summed E-state index contributed by atoms with van der Waals surface area (Å²) < 4.78 is 0. The van der Waals surface area contributed by atoms with Gasteiger partial charge in [-0.25, -0.2) is 9.97 Å². The van der Waals surface area contributed by atoms with Crippen molar-refractivity contribution in [2.45, 2.75) is 18.8 Å². The van der Waals surface area contributed by atoms with Crippen LogP contribution in [0.5, 0.6) is 0 Å². The number of nitrogens with one attached hydrogen (secondary N) is 1. The quantitative estimate of drug-likeness (QED) is 0.559. The summed E-state index contributed by atoms with van der Waals surface area (Å²) >= 11 is 0. The molecule has 0 bridgehead atoms. The Balaban J connectivity index is 1.66. The van der Waals surface area contributed by atoms with Gasteiger partial charge < -0.3 is 10.5 Å². The number of rotatable bonds is 3. The smallest absolute Gasteiger partial charge is 0.227 e. The van der Waals surface area contributed by atoms with Crippen LogP contribution in [-0.2, 0) is 6.42 Å². The molecule has 124 valence electrons. The van der Waals surface area contributed by atoms with Crippen molar-refractivity contribution in [3.63, 3.8) is 0 Å². The van der Waals surface area contributed by atoms with Crippen molar-refractivity contribution in [3.05, 3.63) is 83.7 Å². The second kappa shape index (κ2) is 6.73. The molecule has 1 heterocycles. The van der Waals surface area contributed by atoms with Gasteiger partial charge in [-0.1, -0.05) is 53.7 Å². The van der Waals surface area contributed by atoms with E-state index in [1.54, 1.807) is 6.20 Å². The molecule has 1 aromatic heterocycles. The first kappa shape index (κ1) is 15.3. The lowest BCUT2D eigenvalue weighted by molar-refractivity contribution is 0.316. The number of benzene rings is 2. The molecular weight excluding hydrogens is 312 g/mol. The Bertz CT molecular complexity index is 894. The molecule has 1 unspecified atom stereocenters. The first-order valence-electron chi connectivity index (χ1n) is 8.27. The lowest BCUT2D eigenvalue weighted by atomic mass is 9.82. The molecular formula is C20H18N4O. The number of nitrogens with zero attached hydrogens (tertiary/aromatic N) is 3. The Labute approximate surface area is 146 Å². The van der Waals surface area contributed by atoms with Crippen molar-refractivity contribution in [2.75, 3.05) is 5.32 Å². The van der Waals surface area contributed by atoms with E-state index in [2.05, 4.69) is 32.6 Å². The topological polar surface area (TPSA) is 70.4 Å². The van der Waals surface area contributed by atoms with Crippen LogP contribution < -0.4 is 5.32 Å². The Morgan fingerprint density at radius 2 is 1.68 bits per heavy atom. The summed E-state index contributed by atoms with van der Waals surface area (Å²) in [4.78, 5) is 9.04. The molecule has 1 aliphatic rings. The van der Waals surface area contributed by atoms with Gasteiger partial charge in [0, 0.05) is 23.9 Å². The molecule has 5 heteroatoms. The zero-order chi connectivity index (χ0) is 17.1. The van der Waals surface area contributed by atoms with Crippen molar-refractivity contribution >= 4 is 17.3 Å². The highest BCUT2D eigenvalue weighted by atomic mass is 16.4. The maximum Gasteiger partial charge on any atom is 0.227 e. The molecule has 3 aromatic rings. The minimum Gasteiger partial charge on any atom is -0.411 e. The summed E-state index contributed by atoms with van der Waals surface area (Å²) in [5.74, 6) is 0.801. The minimum absolute atomic E-state index is 0.249. The average Bonchev–Trinajstić information content (AvgIpc) is 2.68. The van der Waals surface area contributed by atoms with Gasteiger partial charge in [-0.05, 0) is 30.0 Å². The van der Waals surface area contributed by atoms with Crippen LogP contribution >= 0.6 is 0 Å². The molecule has 5 nitrogen and oxygen atoms in total. The van der Waals surface area contributed by atoms with Crippen molar-refractivity contribution in [3.8, 4) is 0 Å².